The highest BCUT2D eigenvalue weighted by Gasteiger charge is 2.33. The summed E-state index contributed by atoms with van der Waals surface area (Å²) in [5.74, 6) is 0. The van der Waals surface area contributed by atoms with E-state index in [0.29, 0.717) is 25.1 Å². The largest absolute Gasteiger partial charge is 0.433 e. The summed E-state index contributed by atoms with van der Waals surface area (Å²) in [6, 6.07) is 8.42. The Balaban J connectivity index is 0.00000208. The van der Waals surface area contributed by atoms with Crippen LogP contribution in [-0.4, -0.2) is 25.2 Å². The lowest BCUT2D eigenvalue weighted by Gasteiger charge is -2.28. The molecule has 1 aromatic heterocycles. The van der Waals surface area contributed by atoms with Crippen LogP contribution >= 0.6 is 12.4 Å². The van der Waals surface area contributed by atoms with Crippen molar-refractivity contribution < 1.29 is 17.9 Å². The van der Waals surface area contributed by atoms with Gasteiger partial charge in [0.2, 0.25) is 0 Å². The second-order valence-corrected chi connectivity index (χ2v) is 5.47. The molecule has 1 atom stereocenters. The number of rotatable bonds is 3. The number of nitrogens with one attached hydrogen (secondary N) is 1. The predicted octanol–water partition coefficient (Wildman–Crippen LogP) is 4.02. The van der Waals surface area contributed by atoms with Crippen LogP contribution in [0.2, 0.25) is 0 Å². The van der Waals surface area contributed by atoms with Crippen molar-refractivity contribution in [2.24, 2.45) is 0 Å². The van der Waals surface area contributed by atoms with Gasteiger partial charge in [-0.3, -0.25) is 4.98 Å². The molecule has 0 aliphatic carbocycles. The van der Waals surface area contributed by atoms with Crippen molar-refractivity contribution in [1.29, 1.82) is 0 Å². The molecule has 0 bridgehead atoms. The van der Waals surface area contributed by atoms with Crippen molar-refractivity contribution >= 4 is 12.4 Å². The highest BCUT2D eigenvalue weighted by molar-refractivity contribution is 5.85. The average molecular weight is 359 g/mol. The maximum Gasteiger partial charge on any atom is 0.433 e. The van der Waals surface area contributed by atoms with Crippen LogP contribution in [0.15, 0.2) is 36.5 Å². The molecule has 1 aliphatic rings. The Morgan fingerprint density at radius 2 is 2.08 bits per heavy atom. The summed E-state index contributed by atoms with van der Waals surface area (Å²) in [6.07, 6.45) is -2.62. The van der Waals surface area contributed by atoms with E-state index >= 15 is 0 Å². The molecule has 0 spiro atoms. The lowest BCUT2D eigenvalue weighted by Crippen LogP contribution is -2.25. The van der Waals surface area contributed by atoms with Gasteiger partial charge in [0.1, 0.15) is 5.69 Å². The molecular formula is C17H18ClF3N2O. The number of fused-ring (bicyclic) bond motifs is 1. The highest BCUT2D eigenvalue weighted by Crippen LogP contribution is 2.36. The molecule has 2 heterocycles. The van der Waals surface area contributed by atoms with Gasteiger partial charge in [0, 0.05) is 12.7 Å². The summed E-state index contributed by atoms with van der Waals surface area (Å²) in [4.78, 5) is 3.43. The molecule has 3 rings (SSSR count). The van der Waals surface area contributed by atoms with Crippen molar-refractivity contribution in [3.63, 3.8) is 0 Å². The van der Waals surface area contributed by atoms with E-state index in [-0.39, 0.29) is 18.5 Å². The molecule has 1 aliphatic heterocycles. The number of nitrogens with zero attached hydrogens (tertiary/aromatic N) is 1. The normalized spacial score (nSPS) is 17.1. The van der Waals surface area contributed by atoms with Crippen LogP contribution in [0, 0.1) is 0 Å². The summed E-state index contributed by atoms with van der Waals surface area (Å²) in [6.45, 7) is 1.23. The molecule has 24 heavy (non-hydrogen) atoms. The van der Waals surface area contributed by atoms with Crippen LogP contribution in [0.25, 0.3) is 11.1 Å². The minimum atomic E-state index is -4.44. The van der Waals surface area contributed by atoms with E-state index in [1.54, 1.807) is 6.07 Å². The standard InChI is InChI=1S/C17H17F3N2O.ClH/c1-21-10-15-14-4-2-3-12(13(14)6-8-23-15)11-5-7-22-16(9-11)17(18,19)20;/h2-5,7,9,15,21H,6,8,10H2,1H3;1H. The molecule has 0 saturated heterocycles. The third kappa shape index (κ3) is 3.71. The minimum absolute atomic E-state index is 0. The molecule has 1 aromatic carbocycles. The fraction of sp³-hybridized carbons (Fsp3) is 0.353. The summed E-state index contributed by atoms with van der Waals surface area (Å²) in [5.41, 5.74) is 2.58. The number of benzene rings is 1. The smallest absolute Gasteiger partial charge is 0.372 e. The van der Waals surface area contributed by atoms with E-state index < -0.39 is 11.9 Å². The van der Waals surface area contributed by atoms with Crippen molar-refractivity contribution in [1.82, 2.24) is 10.3 Å². The van der Waals surface area contributed by atoms with Crippen LogP contribution in [0.4, 0.5) is 13.2 Å². The van der Waals surface area contributed by atoms with Crippen LogP contribution in [0.5, 0.6) is 0 Å². The van der Waals surface area contributed by atoms with Crippen molar-refractivity contribution in [3.05, 3.63) is 53.3 Å². The SMILES string of the molecule is CNCC1OCCc2c(-c3ccnc(C(F)(F)F)c3)cccc21.Cl. The Morgan fingerprint density at radius 1 is 1.29 bits per heavy atom. The average Bonchev–Trinajstić information content (AvgIpc) is 2.54. The molecular weight excluding hydrogens is 341 g/mol. The number of hydrogen-bond acceptors (Lipinski definition) is 3. The van der Waals surface area contributed by atoms with Gasteiger partial charge in [0.25, 0.3) is 0 Å². The quantitative estimate of drug-likeness (QED) is 0.899. The van der Waals surface area contributed by atoms with Gasteiger partial charge in [-0.15, -0.1) is 12.4 Å². The molecule has 0 saturated carbocycles. The lowest BCUT2D eigenvalue weighted by molar-refractivity contribution is -0.141. The first-order chi connectivity index (χ1) is 11.0. The third-order valence-electron chi connectivity index (χ3n) is 3.98. The molecule has 3 nitrogen and oxygen atoms in total. The third-order valence-corrected chi connectivity index (χ3v) is 3.98. The predicted molar refractivity (Wildman–Crippen MR) is 88.2 cm³/mol. The molecule has 2 aromatic rings. The van der Waals surface area contributed by atoms with Crippen LogP contribution in [-0.2, 0) is 17.3 Å². The van der Waals surface area contributed by atoms with E-state index in [1.807, 2.05) is 25.2 Å². The Kier molecular flexibility index (Phi) is 5.85. The Bertz CT molecular complexity index is 706. The summed E-state index contributed by atoms with van der Waals surface area (Å²) < 4.78 is 44.4. The van der Waals surface area contributed by atoms with Gasteiger partial charge in [0.15, 0.2) is 0 Å². The van der Waals surface area contributed by atoms with Crippen LogP contribution in [0.3, 0.4) is 0 Å². The number of hydrogen-bond donors (Lipinski definition) is 1. The maximum absolute atomic E-state index is 12.9. The van der Waals surface area contributed by atoms with Crippen LogP contribution in [0.1, 0.15) is 22.9 Å². The van der Waals surface area contributed by atoms with E-state index in [9.17, 15) is 13.2 Å². The lowest BCUT2D eigenvalue weighted by atomic mass is 9.89. The minimum Gasteiger partial charge on any atom is -0.372 e. The number of pyridine rings is 1. The molecule has 1 unspecified atom stereocenters. The first-order valence-electron chi connectivity index (χ1n) is 7.42. The number of halogens is 4. The van der Waals surface area contributed by atoms with Gasteiger partial charge in [-0.1, -0.05) is 18.2 Å². The van der Waals surface area contributed by atoms with Gasteiger partial charge in [-0.25, -0.2) is 0 Å². The zero-order chi connectivity index (χ0) is 16.4. The molecule has 0 radical (unpaired) electrons. The van der Waals surface area contributed by atoms with Gasteiger partial charge in [-0.05, 0) is 47.9 Å². The molecule has 130 valence electrons. The fourth-order valence-corrected chi connectivity index (χ4v) is 2.96. The summed E-state index contributed by atoms with van der Waals surface area (Å²) >= 11 is 0. The summed E-state index contributed by atoms with van der Waals surface area (Å²) in [5, 5.41) is 3.08. The van der Waals surface area contributed by atoms with Gasteiger partial charge in [-0.2, -0.15) is 13.2 Å². The monoisotopic (exact) mass is 358 g/mol. The number of ether oxygens (including phenoxy) is 1. The van der Waals surface area contributed by atoms with Crippen molar-refractivity contribution in [2.75, 3.05) is 20.2 Å². The Hall–Kier alpha value is -1.63. The number of aromatic nitrogens is 1. The van der Waals surface area contributed by atoms with Crippen molar-refractivity contribution in [3.8, 4) is 11.1 Å². The summed E-state index contributed by atoms with van der Waals surface area (Å²) in [7, 11) is 1.85. The van der Waals surface area contributed by atoms with Crippen LogP contribution < -0.4 is 5.32 Å². The molecule has 0 amide bonds. The van der Waals surface area contributed by atoms with Gasteiger partial charge in [0.05, 0.1) is 12.7 Å². The Labute approximate surface area is 144 Å². The van der Waals surface area contributed by atoms with Gasteiger partial charge >= 0.3 is 6.18 Å². The topological polar surface area (TPSA) is 34.1 Å². The maximum atomic E-state index is 12.9. The van der Waals surface area contributed by atoms with E-state index in [1.165, 1.54) is 6.20 Å². The van der Waals surface area contributed by atoms with E-state index in [4.69, 9.17) is 4.74 Å². The number of alkyl halides is 3. The highest BCUT2D eigenvalue weighted by atomic mass is 35.5. The molecule has 7 heteroatoms. The first-order valence-corrected chi connectivity index (χ1v) is 7.42. The molecule has 0 fully saturated rings. The Morgan fingerprint density at radius 3 is 2.79 bits per heavy atom. The van der Waals surface area contributed by atoms with E-state index in [0.717, 1.165) is 22.8 Å². The second-order valence-electron chi connectivity index (χ2n) is 5.47. The zero-order valence-electron chi connectivity index (χ0n) is 13.1. The van der Waals surface area contributed by atoms with Gasteiger partial charge < -0.3 is 10.1 Å². The first kappa shape index (κ1) is 18.7. The zero-order valence-corrected chi connectivity index (χ0v) is 13.9. The van der Waals surface area contributed by atoms with E-state index in [2.05, 4.69) is 10.3 Å². The second kappa shape index (κ2) is 7.51. The molecule has 1 N–H and O–H groups in total. The van der Waals surface area contributed by atoms with Crippen molar-refractivity contribution in [2.45, 2.75) is 18.7 Å². The number of likely N-dealkylation sites (N-methyl/N-ethyl adjacent to an activating group) is 1. The fourth-order valence-electron chi connectivity index (χ4n) is 2.96.